The zero-order chi connectivity index (χ0) is 18.3. The molecule has 4 heterocycles. The van der Waals surface area contributed by atoms with Crippen molar-refractivity contribution in [3.05, 3.63) is 66.1 Å². The van der Waals surface area contributed by atoms with E-state index in [0.29, 0.717) is 17.0 Å². The van der Waals surface area contributed by atoms with Gasteiger partial charge in [-0.1, -0.05) is 19.9 Å². The Balaban J connectivity index is 0.000000814. The van der Waals surface area contributed by atoms with Gasteiger partial charge in [-0.2, -0.15) is 5.10 Å². The van der Waals surface area contributed by atoms with Gasteiger partial charge in [0.05, 0.1) is 23.5 Å². The number of anilines is 1. The molecule has 2 N–H and O–H groups in total. The third-order valence-corrected chi connectivity index (χ3v) is 4.27. The Morgan fingerprint density at radius 3 is 2.85 bits per heavy atom. The molecule has 0 fully saturated rings. The maximum atomic E-state index is 14.5. The van der Waals surface area contributed by atoms with Gasteiger partial charge < -0.3 is 14.8 Å². The number of fused-ring (bicyclic) bond motifs is 2. The van der Waals surface area contributed by atoms with Crippen LogP contribution in [0.3, 0.4) is 0 Å². The van der Waals surface area contributed by atoms with Gasteiger partial charge in [-0.25, -0.2) is 13.9 Å². The van der Waals surface area contributed by atoms with E-state index in [1.807, 2.05) is 19.9 Å². The highest BCUT2D eigenvalue weighted by Gasteiger charge is 2.29. The normalized spacial score (nSPS) is 14.8. The fourth-order valence-corrected chi connectivity index (χ4v) is 3.21. The van der Waals surface area contributed by atoms with Crippen LogP contribution in [-0.2, 0) is 0 Å². The third-order valence-electron chi connectivity index (χ3n) is 4.27. The molecule has 5 rings (SSSR count). The summed E-state index contributed by atoms with van der Waals surface area (Å²) in [5, 5.41) is 17.0. The molecule has 1 atom stereocenters. The summed E-state index contributed by atoms with van der Waals surface area (Å²) in [6.07, 6.45) is 4.82. The van der Waals surface area contributed by atoms with E-state index in [4.69, 9.17) is 4.42 Å². The number of hydrogen-bond acceptors (Lipinski definition) is 5. The first-order valence-corrected chi connectivity index (χ1v) is 8.37. The van der Waals surface area contributed by atoms with E-state index < -0.39 is 11.9 Å². The molecule has 3 aromatic heterocycles. The van der Waals surface area contributed by atoms with Gasteiger partial charge in [-0.15, -0.1) is 0 Å². The average molecular weight is 352 g/mol. The number of benzene rings is 1. The Hall–Kier alpha value is -3.35. The molecule has 1 unspecified atom stereocenters. The lowest BCUT2D eigenvalue weighted by molar-refractivity contribution is 0.467. The van der Waals surface area contributed by atoms with Crippen LogP contribution >= 0.6 is 0 Å². The Labute approximate surface area is 148 Å². The molecule has 4 aromatic rings. The maximum Gasteiger partial charge on any atom is 0.177 e. The van der Waals surface area contributed by atoms with Crippen molar-refractivity contribution in [3.8, 4) is 17.2 Å². The molecule has 1 aliphatic heterocycles. The lowest BCUT2D eigenvalue weighted by Gasteiger charge is -2.18. The summed E-state index contributed by atoms with van der Waals surface area (Å²) in [4.78, 5) is 4.35. The number of furan rings is 1. The second-order valence-corrected chi connectivity index (χ2v) is 5.62. The van der Waals surface area contributed by atoms with E-state index in [-0.39, 0.29) is 5.75 Å². The molecule has 1 aliphatic rings. The molecule has 26 heavy (non-hydrogen) atoms. The Morgan fingerprint density at radius 2 is 2.04 bits per heavy atom. The molecule has 0 radical (unpaired) electrons. The van der Waals surface area contributed by atoms with Gasteiger partial charge in [0.25, 0.3) is 0 Å². The molecule has 132 valence electrons. The largest absolute Gasteiger partial charge is 0.508 e. The number of phenols is 1. The molecular formula is C19H17FN4O2. The molecule has 1 aromatic carbocycles. The minimum Gasteiger partial charge on any atom is -0.508 e. The zero-order valence-electron chi connectivity index (χ0n) is 14.3. The van der Waals surface area contributed by atoms with Gasteiger partial charge in [-0.3, -0.25) is 0 Å². The highest BCUT2D eigenvalue weighted by Crippen LogP contribution is 2.42. The summed E-state index contributed by atoms with van der Waals surface area (Å²) in [6, 6.07) is 7.35. The molecule has 0 aliphatic carbocycles. The Bertz CT molecular complexity index is 1090. The molecule has 6 nitrogen and oxygen atoms in total. The fraction of sp³-hybridized carbons (Fsp3) is 0.158. The van der Waals surface area contributed by atoms with E-state index >= 15 is 0 Å². The summed E-state index contributed by atoms with van der Waals surface area (Å²) in [5.41, 5.74) is 3.39. The first kappa shape index (κ1) is 16.1. The van der Waals surface area contributed by atoms with Crippen LogP contribution in [0.15, 0.2) is 53.5 Å². The first-order chi connectivity index (χ1) is 12.7. The highest BCUT2D eigenvalue weighted by atomic mass is 19.1. The van der Waals surface area contributed by atoms with Gasteiger partial charge in [0.15, 0.2) is 5.76 Å². The van der Waals surface area contributed by atoms with Crippen LogP contribution in [0.2, 0.25) is 0 Å². The average Bonchev–Trinajstić information content (AvgIpc) is 3.26. The maximum absolute atomic E-state index is 14.5. The zero-order valence-corrected chi connectivity index (χ0v) is 14.3. The standard InChI is InChI=1S/C17H11FN4O2.C2H6/c18-12-7-9(23)1-2-10(12)14-11-3-5-22-16(11)15(19-8-20-22)17-13(21-14)4-6-24-17;1-2/h1-8,14,21,23H;1-2H3. The summed E-state index contributed by atoms with van der Waals surface area (Å²) in [6.45, 7) is 4.00. The van der Waals surface area contributed by atoms with Crippen LogP contribution in [0.1, 0.15) is 31.0 Å². The minimum absolute atomic E-state index is 0.111. The quantitative estimate of drug-likeness (QED) is 0.532. The minimum atomic E-state index is -0.489. The number of aromatic nitrogens is 3. The summed E-state index contributed by atoms with van der Waals surface area (Å²) < 4.78 is 21.8. The molecule has 0 bridgehead atoms. The van der Waals surface area contributed by atoms with E-state index in [2.05, 4.69) is 15.4 Å². The number of aromatic hydroxyl groups is 1. The van der Waals surface area contributed by atoms with E-state index in [1.165, 1.54) is 12.4 Å². The van der Waals surface area contributed by atoms with Gasteiger partial charge in [0, 0.05) is 29.5 Å². The van der Waals surface area contributed by atoms with Crippen molar-refractivity contribution in [3.63, 3.8) is 0 Å². The summed E-state index contributed by atoms with van der Waals surface area (Å²) >= 11 is 0. The lowest BCUT2D eigenvalue weighted by Crippen LogP contribution is -2.12. The van der Waals surface area contributed by atoms with E-state index in [9.17, 15) is 9.50 Å². The van der Waals surface area contributed by atoms with Crippen molar-refractivity contribution in [2.75, 3.05) is 5.32 Å². The van der Waals surface area contributed by atoms with Crippen LogP contribution in [-0.4, -0.2) is 19.7 Å². The molecule has 7 heteroatoms. The Kier molecular flexibility index (Phi) is 3.84. The number of halogens is 1. The topological polar surface area (TPSA) is 75.6 Å². The monoisotopic (exact) mass is 352 g/mol. The molecule has 0 saturated carbocycles. The van der Waals surface area contributed by atoms with E-state index in [1.54, 1.807) is 29.1 Å². The predicted octanol–water partition coefficient (Wildman–Crippen LogP) is 4.38. The lowest BCUT2D eigenvalue weighted by atomic mass is 9.99. The van der Waals surface area contributed by atoms with Crippen molar-refractivity contribution in [2.24, 2.45) is 0 Å². The number of hydrogen-bond donors (Lipinski definition) is 2. The fourth-order valence-electron chi connectivity index (χ4n) is 3.21. The number of rotatable bonds is 1. The van der Waals surface area contributed by atoms with Crippen molar-refractivity contribution >= 4 is 11.2 Å². The SMILES string of the molecule is CC.Oc1ccc(C2Nc3ccoc3-c3ncnn4ccc2c34)c(F)c1. The number of nitrogens with one attached hydrogen (secondary N) is 1. The smallest absolute Gasteiger partial charge is 0.177 e. The summed E-state index contributed by atoms with van der Waals surface area (Å²) in [7, 11) is 0. The van der Waals surface area contributed by atoms with Crippen molar-refractivity contribution in [1.29, 1.82) is 0 Å². The van der Waals surface area contributed by atoms with Gasteiger partial charge >= 0.3 is 0 Å². The second-order valence-electron chi connectivity index (χ2n) is 5.62. The molecule has 0 saturated heterocycles. The van der Waals surface area contributed by atoms with Gasteiger partial charge in [0.2, 0.25) is 0 Å². The van der Waals surface area contributed by atoms with Crippen LogP contribution in [0.5, 0.6) is 5.75 Å². The van der Waals surface area contributed by atoms with Crippen LogP contribution in [0.4, 0.5) is 10.1 Å². The molecular weight excluding hydrogens is 335 g/mol. The second kappa shape index (κ2) is 6.18. The van der Waals surface area contributed by atoms with Crippen molar-refractivity contribution in [2.45, 2.75) is 19.9 Å². The summed E-state index contributed by atoms with van der Waals surface area (Å²) in [5.74, 6) is -0.0131. The number of nitrogens with zero attached hydrogens (tertiary/aromatic N) is 3. The Morgan fingerprint density at radius 1 is 1.19 bits per heavy atom. The third kappa shape index (κ3) is 2.32. The van der Waals surface area contributed by atoms with Crippen molar-refractivity contribution < 1.29 is 13.9 Å². The van der Waals surface area contributed by atoms with Crippen LogP contribution in [0, 0.1) is 5.82 Å². The highest BCUT2D eigenvalue weighted by molar-refractivity contribution is 5.87. The number of phenolic OH excluding ortho intramolecular Hbond substituents is 1. The van der Waals surface area contributed by atoms with Crippen LogP contribution < -0.4 is 5.32 Å². The first-order valence-electron chi connectivity index (χ1n) is 8.37. The van der Waals surface area contributed by atoms with Gasteiger partial charge in [0.1, 0.15) is 23.6 Å². The molecule has 0 amide bonds. The van der Waals surface area contributed by atoms with Crippen LogP contribution in [0.25, 0.3) is 17.0 Å². The predicted molar refractivity (Wildman–Crippen MR) is 95.6 cm³/mol. The van der Waals surface area contributed by atoms with Crippen molar-refractivity contribution in [1.82, 2.24) is 14.6 Å². The molecule has 0 spiro atoms. The van der Waals surface area contributed by atoms with Gasteiger partial charge in [-0.05, 0) is 12.1 Å². The van der Waals surface area contributed by atoms with E-state index in [0.717, 1.165) is 22.8 Å².